The summed E-state index contributed by atoms with van der Waals surface area (Å²) in [5, 5.41) is 9.56. The minimum atomic E-state index is -0.792. The van der Waals surface area contributed by atoms with E-state index in [0.717, 1.165) is 45.7 Å². The summed E-state index contributed by atoms with van der Waals surface area (Å²) < 4.78 is 25.7. The van der Waals surface area contributed by atoms with Crippen LogP contribution in [0.2, 0.25) is 0 Å². The van der Waals surface area contributed by atoms with Crippen LogP contribution in [0.15, 0.2) is 36.5 Å². The van der Waals surface area contributed by atoms with Gasteiger partial charge in [-0.25, -0.2) is 19.3 Å². The first-order chi connectivity index (χ1) is 19.4. The summed E-state index contributed by atoms with van der Waals surface area (Å²) in [6.07, 6.45) is 2.72. The van der Waals surface area contributed by atoms with Gasteiger partial charge in [0.05, 0.1) is 35.7 Å². The number of ether oxygens (including phenoxy) is 2. The molecule has 11 nitrogen and oxygen atoms in total. The number of carbonyl (C=O) groups is 1. The lowest BCUT2D eigenvalue weighted by Crippen LogP contribution is -2.48. The number of aromatic nitrogens is 4. The fourth-order valence-corrected chi connectivity index (χ4v) is 4.69. The van der Waals surface area contributed by atoms with Crippen molar-refractivity contribution in [3.63, 3.8) is 0 Å². The van der Waals surface area contributed by atoms with Gasteiger partial charge in [-0.1, -0.05) is 6.92 Å². The molecule has 2 aliphatic rings. The standard InChI is InChI=1S/C28H37FN8O3/c1-3-10-31-26(38)28(2)16-39-25(40-17-28)24-35-22(19-5-7-20(29)8-6-19)23(36-24)21-9-12-33-27(34-21)32-11-4-14-37-15-13-30-18-37/h5-9,12,25,30H,3-4,10-11,13-18H2,1-2H3,(H,31,38)(H,35,36)(H,32,33,34). The van der Waals surface area contributed by atoms with Crippen molar-refractivity contribution in [3.8, 4) is 22.6 Å². The van der Waals surface area contributed by atoms with Gasteiger partial charge in [0, 0.05) is 51.2 Å². The Labute approximate surface area is 233 Å². The molecule has 4 heterocycles. The first-order valence-electron chi connectivity index (χ1n) is 13.8. The number of nitrogens with zero attached hydrogens (tertiary/aromatic N) is 4. The first-order valence-corrected chi connectivity index (χ1v) is 13.8. The molecule has 4 N–H and O–H groups in total. The number of hydrogen-bond donors (Lipinski definition) is 4. The summed E-state index contributed by atoms with van der Waals surface area (Å²) in [4.78, 5) is 32.2. The van der Waals surface area contributed by atoms with Crippen molar-refractivity contribution in [1.82, 2.24) is 35.5 Å². The van der Waals surface area contributed by atoms with E-state index in [1.54, 1.807) is 24.4 Å². The Kier molecular flexibility index (Phi) is 9.00. The summed E-state index contributed by atoms with van der Waals surface area (Å²) in [5.41, 5.74) is 1.77. The highest BCUT2D eigenvalue weighted by Crippen LogP contribution is 2.35. The molecule has 0 aliphatic carbocycles. The van der Waals surface area contributed by atoms with Crippen LogP contribution in [-0.2, 0) is 14.3 Å². The predicted molar refractivity (Wildman–Crippen MR) is 149 cm³/mol. The van der Waals surface area contributed by atoms with Crippen molar-refractivity contribution in [1.29, 1.82) is 0 Å². The molecule has 3 aromatic rings. The minimum absolute atomic E-state index is 0.0990. The van der Waals surface area contributed by atoms with Crippen LogP contribution >= 0.6 is 0 Å². The normalized spacial score (nSPS) is 21.4. The van der Waals surface area contributed by atoms with Gasteiger partial charge >= 0.3 is 0 Å². The number of amides is 1. The Balaban J connectivity index is 1.33. The van der Waals surface area contributed by atoms with E-state index in [2.05, 4.69) is 30.8 Å². The number of hydrogen-bond acceptors (Lipinski definition) is 9. The molecule has 1 aromatic carbocycles. The quantitative estimate of drug-likeness (QED) is 0.265. The lowest BCUT2D eigenvalue weighted by atomic mass is 9.91. The van der Waals surface area contributed by atoms with Crippen LogP contribution < -0.4 is 16.0 Å². The number of H-pyrrole nitrogens is 1. The van der Waals surface area contributed by atoms with Gasteiger partial charge in [0.2, 0.25) is 18.1 Å². The molecule has 0 saturated carbocycles. The van der Waals surface area contributed by atoms with Gasteiger partial charge in [-0.2, -0.15) is 0 Å². The number of aromatic amines is 1. The summed E-state index contributed by atoms with van der Waals surface area (Å²) in [5.74, 6) is 0.520. The van der Waals surface area contributed by atoms with E-state index in [4.69, 9.17) is 19.4 Å². The van der Waals surface area contributed by atoms with Gasteiger partial charge in [0.25, 0.3) is 0 Å². The van der Waals surface area contributed by atoms with Crippen LogP contribution in [0.4, 0.5) is 10.3 Å². The van der Waals surface area contributed by atoms with Gasteiger partial charge in [-0.05, 0) is 50.1 Å². The highest BCUT2D eigenvalue weighted by molar-refractivity contribution is 5.82. The Hall–Kier alpha value is -3.45. The van der Waals surface area contributed by atoms with E-state index >= 15 is 0 Å². The van der Waals surface area contributed by atoms with E-state index in [1.165, 1.54) is 12.1 Å². The van der Waals surface area contributed by atoms with Crippen LogP contribution in [0, 0.1) is 11.2 Å². The zero-order valence-corrected chi connectivity index (χ0v) is 23.0. The van der Waals surface area contributed by atoms with E-state index in [-0.39, 0.29) is 24.9 Å². The van der Waals surface area contributed by atoms with Crippen LogP contribution in [0.1, 0.15) is 38.8 Å². The Bertz CT molecular complexity index is 1270. The molecule has 2 saturated heterocycles. The number of carbonyl (C=O) groups excluding carboxylic acids is 1. The van der Waals surface area contributed by atoms with Crippen LogP contribution in [0.25, 0.3) is 22.6 Å². The average molecular weight is 553 g/mol. The van der Waals surface area contributed by atoms with Crippen LogP contribution in [0.5, 0.6) is 0 Å². The molecule has 1 amide bonds. The summed E-state index contributed by atoms with van der Waals surface area (Å²) in [7, 11) is 0. The van der Waals surface area contributed by atoms with Crippen LogP contribution in [-0.4, -0.2) is 83.3 Å². The molecule has 0 atom stereocenters. The Morgan fingerprint density at radius 2 is 1.98 bits per heavy atom. The zero-order valence-electron chi connectivity index (χ0n) is 23.0. The molecule has 5 rings (SSSR count). The minimum Gasteiger partial charge on any atom is -0.355 e. The third-order valence-electron chi connectivity index (χ3n) is 7.04. The lowest BCUT2D eigenvalue weighted by Gasteiger charge is -2.35. The molecule has 0 bridgehead atoms. The van der Waals surface area contributed by atoms with Gasteiger partial charge in [-0.3, -0.25) is 9.69 Å². The van der Waals surface area contributed by atoms with E-state index in [0.29, 0.717) is 41.0 Å². The van der Waals surface area contributed by atoms with Crippen molar-refractivity contribution in [2.24, 2.45) is 5.41 Å². The molecule has 0 spiro atoms. The molecule has 2 aromatic heterocycles. The van der Waals surface area contributed by atoms with E-state index < -0.39 is 11.7 Å². The third-order valence-corrected chi connectivity index (χ3v) is 7.04. The maximum absolute atomic E-state index is 13.7. The molecular formula is C28H37FN8O3. The first kappa shape index (κ1) is 28.1. The summed E-state index contributed by atoms with van der Waals surface area (Å²) in [6.45, 7) is 9.58. The largest absolute Gasteiger partial charge is 0.355 e. The summed E-state index contributed by atoms with van der Waals surface area (Å²) in [6, 6.07) is 7.92. The topological polar surface area (TPSA) is 129 Å². The molecule has 214 valence electrons. The summed E-state index contributed by atoms with van der Waals surface area (Å²) >= 11 is 0. The smallest absolute Gasteiger partial charge is 0.230 e. The maximum Gasteiger partial charge on any atom is 0.230 e. The van der Waals surface area contributed by atoms with Crippen molar-refractivity contribution >= 4 is 11.9 Å². The van der Waals surface area contributed by atoms with Gasteiger partial charge in [0.1, 0.15) is 5.82 Å². The number of anilines is 1. The highest BCUT2D eigenvalue weighted by Gasteiger charge is 2.40. The van der Waals surface area contributed by atoms with Gasteiger partial charge in [0.15, 0.2) is 5.82 Å². The molecular weight excluding hydrogens is 515 g/mol. The fraction of sp³-hybridized carbons (Fsp3) is 0.500. The molecule has 2 aliphatic heterocycles. The van der Waals surface area contributed by atoms with Crippen molar-refractivity contribution in [3.05, 3.63) is 48.2 Å². The SMILES string of the molecule is CCCNC(=O)C1(C)COC(c2nc(-c3ccc(F)cc3)c(-c3ccnc(NCCCN4CCNC4)n3)[nH]2)OC1. The molecule has 0 unspecified atom stereocenters. The second-order valence-electron chi connectivity index (χ2n) is 10.4. The monoisotopic (exact) mass is 552 g/mol. The average Bonchev–Trinajstić information content (AvgIpc) is 3.66. The second-order valence-corrected chi connectivity index (χ2v) is 10.4. The van der Waals surface area contributed by atoms with Crippen molar-refractivity contribution in [2.45, 2.75) is 33.0 Å². The third kappa shape index (κ3) is 6.64. The molecule has 2 fully saturated rings. The number of halogens is 1. The van der Waals surface area contributed by atoms with E-state index in [9.17, 15) is 9.18 Å². The second kappa shape index (κ2) is 12.8. The van der Waals surface area contributed by atoms with Gasteiger partial charge in [-0.15, -0.1) is 0 Å². The predicted octanol–water partition coefficient (Wildman–Crippen LogP) is 2.92. The Morgan fingerprint density at radius 1 is 1.18 bits per heavy atom. The number of imidazole rings is 1. The molecule has 40 heavy (non-hydrogen) atoms. The number of nitrogens with one attached hydrogen (secondary N) is 4. The van der Waals surface area contributed by atoms with Crippen LogP contribution in [0.3, 0.4) is 0 Å². The highest BCUT2D eigenvalue weighted by atomic mass is 19.1. The zero-order chi connectivity index (χ0) is 28.0. The Morgan fingerprint density at radius 3 is 2.70 bits per heavy atom. The maximum atomic E-state index is 13.7. The molecule has 12 heteroatoms. The number of benzene rings is 1. The molecule has 0 radical (unpaired) electrons. The number of rotatable bonds is 11. The lowest BCUT2D eigenvalue weighted by molar-refractivity contribution is -0.231. The van der Waals surface area contributed by atoms with Gasteiger partial charge < -0.3 is 30.4 Å². The van der Waals surface area contributed by atoms with E-state index in [1.807, 2.05) is 13.8 Å². The fourth-order valence-electron chi connectivity index (χ4n) is 4.69. The van der Waals surface area contributed by atoms with Crippen molar-refractivity contribution in [2.75, 3.05) is 57.9 Å². The van der Waals surface area contributed by atoms with Crippen molar-refractivity contribution < 1.29 is 18.7 Å².